The van der Waals surface area contributed by atoms with Gasteiger partial charge < -0.3 is 10.7 Å². The topological polar surface area (TPSA) is 58.9 Å². The summed E-state index contributed by atoms with van der Waals surface area (Å²) in [7, 11) is 0. The third-order valence-electron chi connectivity index (χ3n) is 1.87. The van der Waals surface area contributed by atoms with Crippen molar-refractivity contribution in [3.8, 4) is 0 Å². The summed E-state index contributed by atoms with van der Waals surface area (Å²) < 4.78 is 0.871. The van der Waals surface area contributed by atoms with E-state index in [1.54, 1.807) is 6.07 Å². The molecule has 1 aromatic carbocycles. The minimum atomic E-state index is -0.130. The van der Waals surface area contributed by atoms with Crippen molar-refractivity contribution in [3.63, 3.8) is 0 Å². The van der Waals surface area contributed by atoms with Crippen LogP contribution in [0.25, 0.3) is 10.9 Å². The lowest BCUT2D eigenvalue weighted by Gasteiger charge is -1.99. The molecule has 2 aromatic rings. The second-order valence-electron chi connectivity index (χ2n) is 2.76. The molecule has 1 aromatic heterocycles. The Bertz CT molecular complexity index is 518. The first-order valence-corrected chi connectivity index (χ1v) is 4.54. The molecule has 0 aliphatic rings. The predicted octanol–water partition coefficient (Wildman–Crippen LogP) is 2.29. The average molecular weight is 276 g/mol. The normalized spacial score (nSPS) is 9.79. The molecular weight excluding hydrogens is 267 g/mol. The van der Waals surface area contributed by atoms with Crippen LogP contribution < -0.4 is 11.2 Å². The molecular formula is C9H8BrClN2O. The molecule has 5 heteroatoms. The van der Waals surface area contributed by atoms with Crippen LogP contribution in [0.5, 0.6) is 0 Å². The molecule has 0 atom stereocenters. The summed E-state index contributed by atoms with van der Waals surface area (Å²) in [6, 6.07) is 5.46. The van der Waals surface area contributed by atoms with Crippen molar-refractivity contribution in [2.45, 2.75) is 0 Å². The van der Waals surface area contributed by atoms with E-state index in [1.165, 1.54) is 6.20 Å². The minimum absolute atomic E-state index is 0. The van der Waals surface area contributed by atoms with Gasteiger partial charge in [-0.25, -0.2) is 0 Å². The maximum atomic E-state index is 11.5. The Morgan fingerprint density at radius 1 is 1.36 bits per heavy atom. The zero-order valence-corrected chi connectivity index (χ0v) is 9.48. The van der Waals surface area contributed by atoms with Crippen molar-refractivity contribution in [2.24, 2.45) is 0 Å². The SMILES string of the molecule is Cl.Nc1c[nH]c2ccc(Br)cc2c1=O. The Hall–Kier alpha value is -1.00. The van der Waals surface area contributed by atoms with Crippen LogP contribution in [-0.2, 0) is 0 Å². The Kier molecular flexibility index (Phi) is 3.18. The highest BCUT2D eigenvalue weighted by molar-refractivity contribution is 9.10. The van der Waals surface area contributed by atoms with Crippen LogP contribution in [0.4, 0.5) is 5.69 Å². The van der Waals surface area contributed by atoms with Crippen molar-refractivity contribution in [1.82, 2.24) is 4.98 Å². The number of hydrogen-bond acceptors (Lipinski definition) is 2. The van der Waals surface area contributed by atoms with E-state index in [1.807, 2.05) is 12.1 Å². The first kappa shape index (κ1) is 11.1. The molecule has 2 rings (SSSR count). The quantitative estimate of drug-likeness (QED) is 0.775. The van der Waals surface area contributed by atoms with Gasteiger partial charge >= 0.3 is 0 Å². The molecule has 0 spiro atoms. The highest BCUT2D eigenvalue weighted by Gasteiger charge is 2.01. The molecule has 0 unspecified atom stereocenters. The van der Waals surface area contributed by atoms with E-state index in [4.69, 9.17) is 5.73 Å². The fourth-order valence-corrected chi connectivity index (χ4v) is 1.57. The number of H-pyrrole nitrogens is 1. The van der Waals surface area contributed by atoms with E-state index >= 15 is 0 Å². The number of anilines is 1. The first-order valence-electron chi connectivity index (χ1n) is 3.75. The Labute approximate surface area is 94.9 Å². The number of halogens is 2. The molecule has 0 radical (unpaired) electrons. The van der Waals surface area contributed by atoms with E-state index in [2.05, 4.69) is 20.9 Å². The van der Waals surface area contributed by atoms with Crippen LogP contribution in [0.15, 0.2) is 33.7 Å². The molecule has 0 amide bonds. The first-order chi connectivity index (χ1) is 6.18. The van der Waals surface area contributed by atoms with Gasteiger partial charge in [0.1, 0.15) is 0 Å². The molecule has 0 aliphatic heterocycles. The zero-order chi connectivity index (χ0) is 9.42. The van der Waals surface area contributed by atoms with Gasteiger partial charge in [0.2, 0.25) is 5.43 Å². The zero-order valence-electron chi connectivity index (χ0n) is 7.08. The summed E-state index contributed by atoms with van der Waals surface area (Å²) >= 11 is 3.30. The van der Waals surface area contributed by atoms with E-state index < -0.39 is 0 Å². The lowest BCUT2D eigenvalue weighted by Crippen LogP contribution is -2.08. The summed E-state index contributed by atoms with van der Waals surface area (Å²) in [5, 5.41) is 0.606. The largest absolute Gasteiger partial charge is 0.394 e. The van der Waals surface area contributed by atoms with E-state index in [0.717, 1.165) is 9.99 Å². The summed E-state index contributed by atoms with van der Waals surface area (Å²) in [5.74, 6) is 0. The van der Waals surface area contributed by atoms with Crippen LogP contribution in [0, 0.1) is 0 Å². The number of hydrogen-bond donors (Lipinski definition) is 2. The summed E-state index contributed by atoms with van der Waals surface area (Å²) in [6.07, 6.45) is 1.51. The van der Waals surface area contributed by atoms with Crippen LogP contribution >= 0.6 is 28.3 Å². The summed E-state index contributed by atoms with van der Waals surface area (Å²) in [6.45, 7) is 0. The number of aromatic amines is 1. The fraction of sp³-hybridized carbons (Fsp3) is 0. The average Bonchev–Trinajstić information content (AvgIpc) is 2.12. The lowest BCUT2D eigenvalue weighted by atomic mass is 10.2. The molecule has 0 saturated heterocycles. The van der Waals surface area contributed by atoms with E-state index in [9.17, 15) is 4.79 Å². The molecule has 0 aliphatic carbocycles. The van der Waals surface area contributed by atoms with Crippen molar-refractivity contribution in [1.29, 1.82) is 0 Å². The van der Waals surface area contributed by atoms with Crippen molar-refractivity contribution >= 4 is 44.9 Å². The summed E-state index contributed by atoms with van der Waals surface area (Å²) in [5.41, 5.74) is 6.38. The fourth-order valence-electron chi connectivity index (χ4n) is 1.21. The van der Waals surface area contributed by atoms with Gasteiger partial charge in [-0.2, -0.15) is 0 Å². The van der Waals surface area contributed by atoms with Gasteiger partial charge in [-0.15, -0.1) is 12.4 Å². The molecule has 0 saturated carbocycles. The van der Waals surface area contributed by atoms with Gasteiger partial charge in [0.05, 0.1) is 5.69 Å². The molecule has 3 nitrogen and oxygen atoms in total. The minimum Gasteiger partial charge on any atom is -0.394 e. The third kappa shape index (κ3) is 1.76. The van der Waals surface area contributed by atoms with Crippen LogP contribution in [0.3, 0.4) is 0 Å². The third-order valence-corrected chi connectivity index (χ3v) is 2.36. The molecule has 74 valence electrons. The van der Waals surface area contributed by atoms with Crippen LogP contribution in [0.1, 0.15) is 0 Å². The van der Waals surface area contributed by atoms with Crippen LogP contribution in [0.2, 0.25) is 0 Å². The maximum absolute atomic E-state index is 11.5. The van der Waals surface area contributed by atoms with Gasteiger partial charge in [0.15, 0.2) is 0 Å². The number of pyridine rings is 1. The van der Waals surface area contributed by atoms with Gasteiger partial charge in [0, 0.05) is 21.6 Å². The van der Waals surface area contributed by atoms with Gasteiger partial charge in [-0.3, -0.25) is 4.79 Å². The highest BCUT2D eigenvalue weighted by Crippen LogP contribution is 2.15. The van der Waals surface area contributed by atoms with Gasteiger partial charge in [0.25, 0.3) is 0 Å². The molecule has 0 fully saturated rings. The molecule has 3 N–H and O–H groups in total. The number of nitrogen functional groups attached to an aromatic ring is 1. The van der Waals surface area contributed by atoms with Crippen LogP contribution in [-0.4, -0.2) is 4.98 Å². The van der Waals surface area contributed by atoms with E-state index in [0.29, 0.717) is 5.39 Å². The maximum Gasteiger partial charge on any atom is 0.212 e. The molecule has 1 heterocycles. The monoisotopic (exact) mass is 274 g/mol. The highest BCUT2D eigenvalue weighted by atomic mass is 79.9. The van der Waals surface area contributed by atoms with E-state index in [-0.39, 0.29) is 23.5 Å². The second-order valence-corrected chi connectivity index (χ2v) is 3.68. The number of aromatic nitrogens is 1. The van der Waals surface area contributed by atoms with Crippen molar-refractivity contribution in [3.05, 3.63) is 39.1 Å². The van der Waals surface area contributed by atoms with Gasteiger partial charge in [-0.05, 0) is 18.2 Å². The Morgan fingerprint density at radius 3 is 2.79 bits per heavy atom. The molecule has 14 heavy (non-hydrogen) atoms. The number of benzene rings is 1. The molecule has 0 bridgehead atoms. The number of fused-ring (bicyclic) bond motifs is 1. The lowest BCUT2D eigenvalue weighted by molar-refractivity contribution is 1.39. The van der Waals surface area contributed by atoms with Gasteiger partial charge in [-0.1, -0.05) is 15.9 Å². The summed E-state index contributed by atoms with van der Waals surface area (Å²) in [4.78, 5) is 14.5. The number of nitrogens with two attached hydrogens (primary N) is 1. The van der Waals surface area contributed by atoms with Crippen molar-refractivity contribution in [2.75, 3.05) is 5.73 Å². The standard InChI is InChI=1S/C9H7BrN2O.ClH/c10-5-1-2-8-6(3-5)9(13)7(11)4-12-8;/h1-4H,11H2,(H,12,13);1H. The van der Waals surface area contributed by atoms with Crippen molar-refractivity contribution < 1.29 is 0 Å². The number of nitrogens with one attached hydrogen (secondary N) is 1. The smallest absolute Gasteiger partial charge is 0.212 e. The number of rotatable bonds is 0. The second kappa shape index (κ2) is 4.02. The Morgan fingerprint density at radius 2 is 2.07 bits per heavy atom. The predicted molar refractivity (Wildman–Crippen MR) is 63.9 cm³/mol. The Balaban J connectivity index is 0.000000980.